The van der Waals surface area contributed by atoms with Gasteiger partial charge in [0.15, 0.2) is 10.7 Å². The summed E-state index contributed by atoms with van der Waals surface area (Å²) >= 11 is 6.36. The van der Waals surface area contributed by atoms with E-state index < -0.39 is 18.3 Å². The minimum atomic E-state index is -0.533. The van der Waals surface area contributed by atoms with E-state index in [0.29, 0.717) is 10.7 Å². The van der Waals surface area contributed by atoms with Gasteiger partial charge in [-0.05, 0) is 50.6 Å². The number of furan rings is 1. The topological polar surface area (TPSA) is 44.5 Å². The van der Waals surface area contributed by atoms with Crippen molar-refractivity contribution in [2.24, 2.45) is 0 Å². The van der Waals surface area contributed by atoms with Crippen molar-refractivity contribution in [3.05, 3.63) is 47.7 Å². The quantitative estimate of drug-likeness (QED) is 0.341. The van der Waals surface area contributed by atoms with Crippen molar-refractivity contribution in [1.82, 2.24) is 4.98 Å². The molecule has 0 amide bonds. The van der Waals surface area contributed by atoms with E-state index in [1.165, 1.54) is 0 Å². The Morgan fingerprint density at radius 2 is 1.59 bits per heavy atom. The van der Waals surface area contributed by atoms with Gasteiger partial charge in [0, 0.05) is 22.4 Å². The zero-order valence-corrected chi connectivity index (χ0v) is 16.4. The lowest BCUT2D eigenvalue weighted by molar-refractivity contribution is 0.00578. The largest absolute Gasteiger partial charge is 0.497 e. The molecule has 0 unspecified atom stereocenters. The van der Waals surface area contributed by atoms with E-state index in [4.69, 9.17) is 25.3 Å². The third kappa shape index (κ3) is 2.42. The maximum atomic E-state index is 6.36. The highest BCUT2D eigenvalue weighted by molar-refractivity contribution is 6.66. The van der Waals surface area contributed by atoms with E-state index in [0.717, 1.165) is 32.6 Å². The molecule has 0 aliphatic carbocycles. The molecule has 2 aromatic heterocycles. The summed E-state index contributed by atoms with van der Waals surface area (Å²) in [5.74, 6) is 0. The fourth-order valence-corrected chi connectivity index (χ4v) is 3.79. The summed E-state index contributed by atoms with van der Waals surface area (Å²) in [5, 5.41) is 4.48. The van der Waals surface area contributed by atoms with Crippen LogP contribution in [0.2, 0.25) is 5.15 Å². The third-order valence-electron chi connectivity index (χ3n) is 5.86. The van der Waals surface area contributed by atoms with Crippen LogP contribution in [0.5, 0.6) is 0 Å². The average molecular weight is 380 g/mol. The molecule has 4 nitrogen and oxygen atoms in total. The Kier molecular flexibility index (Phi) is 3.46. The van der Waals surface area contributed by atoms with E-state index in [2.05, 4.69) is 23.2 Å². The predicted molar refractivity (Wildman–Crippen MR) is 110 cm³/mol. The van der Waals surface area contributed by atoms with Gasteiger partial charge >= 0.3 is 7.12 Å². The Morgan fingerprint density at radius 3 is 2.26 bits per heavy atom. The zero-order chi connectivity index (χ0) is 19.0. The summed E-state index contributed by atoms with van der Waals surface area (Å²) in [4.78, 5) is 4.32. The van der Waals surface area contributed by atoms with Crippen molar-refractivity contribution >= 4 is 56.9 Å². The normalized spacial score (nSPS) is 18.8. The van der Waals surface area contributed by atoms with Crippen LogP contribution in [0.25, 0.3) is 32.7 Å². The molecular weight excluding hydrogens is 361 g/mol. The Morgan fingerprint density at radius 1 is 0.963 bits per heavy atom. The van der Waals surface area contributed by atoms with Crippen LogP contribution in [0.4, 0.5) is 0 Å². The Labute approximate surface area is 162 Å². The van der Waals surface area contributed by atoms with Gasteiger partial charge in [0.05, 0.1) is 11.2 Å². The van der Waals surface area contributed by atoms with Crippen molar-refractivity contribution in [3.63, 3.8) is 0 Å². The second-order valence-electron chi connectivity index (χ2n) is 8.09. The molecule has 0 radical (unpaired) electrons. The van der Waals surface area contributed by atoms with Crippen LogP contribution in [0, 0.1) is 0 Å². The van der Waals surface area contributed by atoms with Gasteiger partial charge in [0.2, 0.25) is 0 Å². The first-order chi connectivity index (χ1) is 12.8. The lowest BCUT2D eigenvalue weighted by atomic mass is 9.77. The number of halogens is 1. The van der Waals surface area contributed by atoms with Gasteiger partial charge in [-0.25, -0.2) is 4.98 Å². The molecule has 5 rings (SSSR count). The fourth-order valence-electron chi connectivity index (χ4n) is 3.61. The molecule has 0 atom stereocenters. The molecule has 1 saturated heterocycles. The van der Waals surface area contributed by atoms with Gasteiger partial charge in [0.1, 0.15) is 5.58 Å². The molecule has 1 aliphatic rings. The van der Waals surface area contributed by atoms with Crippen LogP contribution in [-0.2, 0) is 9.31 Å². The Bertz CT molecular complexity index is 1200. The van der Waals surface area contributed by atoms with Crippen LogP contribution in [-0.4, -0.2) is 23.3 Å². The maximum Gasteiger partial charge on any atom is 0.497 e. The summed E-state index contributed by atoms with van der Waals surface area (Å²) in [7, 11) is -0.533. The van der Waals surface area contributed by atoms with E-state index in [1.54, 1.807) is 6.20 Å². The Hall–Kier alpha value is -2.08. The number of pyridine rings is 1. The smallest absolute Gasteiger partial charge is 0.453 e. The molecule has 1 fully saturated rings. The number of fused-ring (bicyclic) bond motifs is 4. The maximum absolute atomic E-state index is 6.36. The van der Waals surface area contributed by atoms with E-state index in [1.807, 2.05) is 45.9 Å². The van der Waals surface area contributed by atoms with Gasteiger partial charge in [-0.2, -0.15) is 0 Å². The van der Waals surface area contributed by atoms with Gasteiger partial charge in [0.25, 0.3) is 0 Å². The molecule has 0 bridgehead atoms. The molecule has 1 aliphatic heterocycles. The summed E-state index contributed by atoms with van der Waals surface area (Å²) in [6.45, 7) is 8.14. The van der Waals surface area contributed by atoms with Crippen molar-refractivity contribution < 1.29 is 13.7 Å². The lowest BCUT2D eigenvalue weighted by Gasteiger charge is -2.32. The van der Waals surface area contributed by atoms with Crippen LogP contribution in [0.1, 0.15) is 27.7 Å². The second-order valence-corrected chi connectivity index (χ2v) is 8.45. The second kappa shape index (κ2) is 5.47. The summed E-state index contributed by atoms with van der Waals surface area (Å²) in [6.07, 6.45) is 1.73. The summed E-state index contributed by atoms with van der Waals surface area (Å²) < 4.78 is 18.6. The highest BCUT2D eigenvalue weighted by atomic mass is 35.5. The number of hydrogen-bond acceptors (Lipinski definition) is 4. The minimum absolute atomic E-state index is 0.338. The molecule has 6 heteroatoms. The summed E-state index contributed by atoms with van der Waals surface area (Å²) in [6, 6.07) is 12.4. The van der Waals surface area contributed by atoms with Crippen molar-refractivity contribution in [2.75, 3.05) is 0 Å². The monoisotopic (exact) mass is 379 g/mol. The molecule has 0 saturated carbocycles. The van der Waals surface area contributed by atoms with Crippen LogP contribution in [0.3, 0.4) is 0 Å². The van der Waals surface area contributed by atoms with Gasteiger partial charge < -0.3 is 13.7 Å². The highest BCUT2D eigenvalue weighted by Gasteiger charge is 2.52. The van der Waals surface area contributed by atoms with Crippen LogP contribution in [0.15, 0.2) is 47.0 Å². The number of rotatable bonds is 1. The van der Waals surface area contributed by atoms with Crippen LogP contribution < -0.4 is 5.46 Å². The molecular formula is C21H19BClNO3. The van der Waals surface area contributed by atoms with Gasteiger partial charge in [-0.3, -0.25) is 0 Å². The van der Waals surface area contributed by atoms with E-state index in [9.17, 15) is 0 Å². The molecule has 0 spiro atoms. The third-order valence-corrected chi connectivity index (χ3v) is 6.13. The number of hydrogen-bond donors (Lipinski definition) is 0. The molecule has 0 N–H and O–H groups in total. The highest BCUT2D eigenvalue weighted by Crippen LogP contribution is 2.39. The van der Waals surface area contributed by atoms with Crippen LogP contribution >= 0.6 is 11.6 Å². The van der Waals surface area contributed by atoms with Crippen molar-refractivity contribution in [2.45, 2.75) is 38.9 Å². The Balaban J connectivity index is 1.81. The molecule has 27 heavy (non-hydrogen) atoms. The number of nitrogens with zero attached hydrogens (tertiary/aromatic N) is 1. The minimum Gasteiger partial charge on any atom is -0.453 e. The molecule has 3 heterocycles. The molecule has 4 aromatic rings. The van der Waals surface area contributed by atoms with Gasteiger partial charge in [-0.1, -0.05) is 35.9 Å². The fraction of sp³-hybridized carbons (Fsp3) is 0.286. The number of aromatic nitrogens is 1. The lowest BCUT2D eigenvalue weighted by Crippen LogP contribution is -2.41. The SMILES string of the molecule is CC1(C)OB(c2cnc(Cl)c3oc4cc5ccccc5cc4c23)OC1(C)C. The number of benzene rings is 2. The first-order valence-electron chi connectivity index (χ1n) is 9.02. The first kappa shape index (κ1) is 17.1. The molecule has 2 aromatic carbocycles. The first-order valence-corrected chi connectivity index (χ1v) is 9.40. The van der Waals surface area contributed by atoms with E-state index >= 15 is 0 Å². The van der Waals surface area contributed by atoms with E-state index in [-0.39, 0.29) is 0 Å². The predicted octanol–water partition coefficient (Wildman–Crippen LogP) is 5.09. The van der Waals surface area contributed by atoms with Crippen molar-refractivity contribution in [1.29, 1.82) is 0 Å². The standard InChI is InChI=1S/C21H19BClNO3/c1-20(2)21(3,4)27-22(26-20)15-11-24-19(23)18-17(15)14-9-12-7-5-6-8-13(12)10-16(14)25-18/h5-11H,1-4H3. The average Bonchev–Trinajstić information content (AvgIpc) is 3.08. The zero-order valence-electron chi connectivity index (χ0n) is 15.7. The molecule has 136 valence electrons. The van der Waals surface area contributed by atoms with Gasteiger partial charge in [-0.15, -0.1) is 0 Å². The van der Waals surface area contributed by atoms with Crippen molar-refractivity contribution in [3.8, 4) is 0 Å². The summed E-state index contributed by atoms with van der Waals surface area (Å²) in [5.41, 5.74) is 1.30.